The molecule has 11 heteroatoms. The van der Waals surface area contributed by atoms with E-state index in [1.165, 1.54) is 17.6 Å². The number of thiazole rings is 1. The van der Waals surface area contributed by atoms with Gasteiger partial charge in [-0.1, -0.05) is 63.4 Å². The van der Waals surface area contributed by atoms with Gasteiger partial charge in [0.2, 0.25) is 0 Å². The van der Waals surface area contributed by atoms with Gasteiger partial charge in [-0.05, 0) is 87.7 Å². The molecule has 0 radical (unpaired) electrons. The molecule has 1 amide bonds. The van der Waals surface area contributed by atoms with Crippen LogP contribution in [0.25, 0.3) is 11.3 Å². The Bertz CT molecular complexity index is 1670. The summed E-state index contributed by atoms with van der Waals surface area (Å²) in [6.45, 7) is 0.373. The van der Waals surface area contributed by atoms with Gasteiger partial charge in [-0.3, -0.25) is 4.79 Å². The summed E-state index contributed by atoms with van der Waals surface area (Å²) in [7, 11) is 0. The lowest BCUT2D eigenvalue weighted by molar-refractivity contribution is 0.0955. The van der Waals surface area contributed by atoms with Gasteiger partial charge in [0.15, 0.2) is 10.9 Å². The van der Waals surface area contributed by atoms with Crippen molar-refractivity contribution in [3.05, 3.63) is 126 Å². The standard InChI is InChI=1S/C30H20Br2Cl2N4O2S/c31-22-7-1-18(2-8-22)16-40-28-25(32)13-19(14-26(28)34)15-35-38-29(39)21-5-3-20(4-6-21)27-17-41-30(37-27)36-24-11-9-23(33)10-12-24/h1-15,17H,16H2,(H,36,37)(H,38,39)/b35-15-. The van der Waals surface area contributed by atoms with E-state index in [1.54, 1.807) is 18.2 Å². The first-order valence-corrected chi connectivity index (χ1v) is 15.3. The normalized spacial score (nSPS) is 11.0. The third-order valence-electron chi connectivity index (χ3n) is 5.74. The second-order valence-electron chi connectivity index (χ2n) is 8.68. The minimum absolute atomic E-state index is 0.337. The molecule has 0 unspecified atom stereocenters. The Morgan fingerprint density at radius 2 is 1.71 bits per heavy atom. The lowest BCUT2D eigenvalue weighted by atomic mass is 10.1. The number of carbonyl (C=O) groups is 1. The molecular weight excluding hydrogens is 711 g/mol. The average molecular weight is 731 g/mol. The van der Waals surface area contributed by atoms with Crippen molar-refractivity contribution >= 4 is 89.3 Å². The van der Waals surface area contributed by atoms with E-state index in [2.05, 4.69) is 52.7 Å². The molecule has 2 N–H and O–H groups in total. The van der Waals surface area contributed by atoms with E-state index in [9.17, 15) is 4.79 Å². The molecule has 0 fully saturated rings. The molecule has 5 rings (SSSR count). The van der Waals surface area contributed by atoms with E-state index >= 15 is 0 Å². The summed E-state index contributed by atoms with van der Waals surface area (Å²) in [6.07, 6.45) is 1.52. The summed E-state index contributed by atoms with van der Waals surface area (Å²) < 4.78 is 7.58. The predicted molar refractivity (Wildman–Crippen MR) is 175 cm³/mol. The van der Waals surface area contributed by atoms with Gasteiger partial charge in [0.05, 0.1) is 21.4 Å². The first kappa shape index (κ1) is 29.3. The van der Waals surface area contributed by atoms with Gasteiger partial charge < -0.3 is 10.1 Å². The summed E-state index contributed by atoms with van der Waals surface area (Å²) in [4.78, 5) is 17.3. The summed E-state index contributed by atoms with van der Waals surface area (Å²) in [5.74, 6) is 0.194. The molecule has 206 valence electrons. The van der Waals surface area contributed by atoms with Gasteiger partial charge in [0.1, 0.15) is 6.61 Å². The lowest BCUT2D eigenvalue weighted by Gasteiger charge is -2.11. The molecule has 5 aromatic rings. The summed E-state index contributed by atoms with van der Waals surface area (Å²) >= 11 is 20.8. The van der Waals surface area contributed by atoms with Gasteiger partial charge in [-0.2, -0.15) is 5.10 Å². The number of halogens is 4. The fourth-order valence-electron chi connectivity index (χ4n) is 3.67. The fourth-order valence-corrected chi connectivity index (χ4v) is 5.79. The Morgan fingerprint density at radius 3 is 2.41 bits per heavy atom. The van der Waals surface area contributed by atoms with E-state index in [-0.39, 0.29) is 5.91 Å². The average Bonchev–Trinajstić information content (AvgIpc) is 3.43. The number of nitrogens with one attached hydrogen (secondary N) is 2. The quantitative estimate of drug-likeness (QED) is 0.117. The van der Waals surface area contributed by atoms with Crippen molar-refractivity contribution in [2.45, 2.75) is 6.61 Å². The van der Waals surface area contributed by atoms with Gasteiger partial charge >= 0.3 is 0 Å². The Morgan fingerprint density at radius 1 is 0.976 bits per heavy atom. The number of anilines is 2. The predicted octanol–water partition coefficient (Wildman–Crippen LogP) is 9.73. The maximum Gasteiger partial charge on any atom is 0.271 e. The van der Waals surface area contributed by atoms with Crippen molar-refractivity contribution in [3.8, 4) is 17.0 Å². The number of carbonyl (C=O) groups excluding carboxylic acids is 1. The Kier molecular flexibility index (Phi) is 9.74. The summed E-state index contributed by atoms with van der Waals surface area (Å²) in [5.41, 5.74) is 7.33. The maximum absolute atomic E-state index is 12.6. The fraction of sp³-hybridized carbons (Fsp3) is 0.0333. The minimum Gasteiger partial charge on any atom is -0.486 e. The smallest absolute Gasteiger partial charge is 0.271 e. The molecular formula is C30H20Br2Cl2N4O2S. The van der Waals surface area contributed by atoms with Crippen molar-refractivity contribution in [1.82, 2.24) is 10.4 Å². The van der Waals surface area contributed by atoms with Crippen LogP contribution in [-0.2, 0) is 6.61 Å². The molecule has 1 heterocycles. The second kappa shape index (κ2) is 13.6. The third kappa shape index (κ3) is 7.96. The van der Waals surface area contributed by atoms with E-state index < -0.39 is 0 Å². The van der Waals surface area contributed by atoms with Gasteiger partial charge in [-0.15, -0.1) is 11.3 Å². The molecule has 0 spiro atoms. The van der Waals surface area contributed by atoms with Crippen molar-refractivity contribution in [2.75, 3.05) is 5.32 Å². The highest BCUT2D eigenvalue weighted by Gasteiger charge is 2.11. The van der Waals surface area contributed by atoms with Crippen LogP contribution in [0, 0.1) is 0 Å². The van der Waals surface area contributed by atoms with Gasteiger partial charge in [0.25, 0.3) is 5.91 Å². The molecule has 0 bridgehead atoms. The van der Waals surface area contributed by atoms with Crippen LogP contribution >= 0.6 is 66.4 Å². The zero-order chi connectivity index (χ0) is 28.8. The molecule has 0 aliphatic carbocycles. The van der Waals surface area contributed by atoms with Crippen LogP contribution in [0.3, 0.4) is 0 Å². The van der Waals surface area contributed by atoms with E-state index in [1.807, 2.05) is 72.1 Å². The SMILES string of the molecule is O=C(N/N=C\c1cc(Cl)c(OCc2ccc(Br)cc2)c(Br)c1)c1ccc(-c2csc(Nc3ccc(Cl)cc3)n2)cc1. The van der Waals surface area contributed by atoms with Crippen LogP contribution in [0.5, 0.6) is 5.75 Å². The Hall–Kier alpha value is -3.21. The van der Waals surface area contributed by atoms with Crippen LogP contribution in [0.1, 0.15) is 21.5 Å². The number of nitrogens with zero attached hydrogens (tertiary/aromatic N) is 2. The number of hydrogen-bond acceptors (Lipinski definition) is 6. The zero-order valence-corrected chi connectivity index (χ0v) is 26.6. The number of rotatable bonds is 9. The molecule has 0 saturated carbocycles. The Balaban J connectivity index is 1.16. The third-order valence-corrected chi connectivity index (χ3v) is 8.15. The van der Waals surface area contributed by atoms with Gasteiger partial charge in [0, 0.05) is 31.7 Å². The van der Waals surface area contributed by atoms with E-state index in [0.29, 0.717) is 38.0 Å². The number of hydrazone groups is 1. The molecule has 0 atom stereocenters. The zero-order valence-electron chi connectivity index (χ0n) is 21.1. The van der Waals surface area contributed by atoms with Crippen molar-refractivity contribution < 1.29 is 9.53 Å². The molecule has 0 aliphatic heterocycles. The van der Waals surface area contributed by atoms with Crippen LogP contribution in [0.15, 0.2) is 104 Å². The summed E-state index contributed by atoms with van der Waals surface area (Å²) in [6, 6.07) is 26.0. The monoisotopic (exact) mass is 728 g/mol. The highest BCUT2D eigenvalue weighted by Crippen LogP contribution is 2.35. The number of aromatic nitrogens is 1. The molecule has 6 nitrogen and oxygen atoms in total. The maximum atomic E-state index is 12.6. The van der Waals surface area contributed by atoms with Crippen molar-refractivity contribution in [3.63, 3.8) is 0 Å². The second-order valence-corrected chi connectivity index (χ2v) is 12.1. The van der Waals surface area contributed by atoms with Crippen LogP contribution < -0.4 is 15.5 Å². The lowest BCUT2D eigenvalue weighted by Crippen LogP contribution is -2.17. The molecule has 0 saturated heterocycles. The summed E-state index contributed by atoms with van der Waals surface area (Å²) in [5, 5.41) is 11.2. The number of hydrogen-bond donors (Lipinski definition) is 2. The highest BCUT2D eigenvalue weighted by molar-refractivity contribution is 9.10. The molecule has 0 aliphatic rings. The van der Waals surface area contributed by atoms with Crippen LogP contribution in [0.4, 0.5) is 10.8 Å². The van der Waals surface area contributed by atoms with Crippen molar-refractivity contribution in [2.24, 2.45) is 5.10 Å². The first-order valence-electron chi connectivity index (χ1n) is 12.1. The Labute approximate surface area is 267 Å². The van der Waals surface area contributed by atoms with E-state index in [4.69, 9.17) is 27.9 Å². The van der Waals surface area contributed by atoms with Crippen molar-refractivity contribution in [1.29, 1.82) is 0 Å². The number of benzene rings is 4. The first-order chi connectivity index (χ1) is 19.8. The molecule has 4 aromatic carbocycles. The molecule has 41 heavy (non-hydrogen) atoms. The van der Waals surface area contributed by atoms with Crippen LogP contribution in [-0.4, -0.2) is 17.1 Å². The number of amides is 1. The highest BCUT2D eigenvalue weighted by atomic mass is 79.9. The van der Waals surface area contributed by atoms with E-state index in [0.717, 1.165) is 32.1 Å². The number of ether oxygens (including phenoxy) is 1. The van der Waals surface area contributed by atoms with Gasteiger partial charge in [-0.25, -0.2) is 10.4 Å². The molecule has 1 aromatic heterocycles. The topological polar surface area (TPSA) is 75.6 Å². The largest absolute Gasteiger partial charge is 0.486 e. The minimum atomic E-state index is -0.337. The van der Waals surface area contributed by atoms with Crippen LogP contribution in [0.2, 0.25) is 10.0 Å².